The number of esters is 2. The molecule has 0 saturated heterocycles. The van der Waals surface area contributed by atoms with E-state index in [2.05, 4.69) is 93.7 Å². The van der Waals surface area contributed by atoms with Gasteiger partial charge in [0.05, 0.1) is 0 Å². The summed E-state index contributed by atoms with van der Waals surface area (Å²) in [5, 5.41) is 0. The highest BCUT2D eigenvalue weighted by Crippen LogP contribution is 2.16. The van der Waals surface area contributed by atoms with E-state index in [-0.39, 0.29) is 25.2 Å². The molecular weight excluding hydrogens is 861 g/mol. The molecule has 0 saturated carbocycles. The summed E-state index contributed by atoms with van der Waals surface area (Å²) in [4.78, 5) is 25.3. The van der Waals surface area contributed by atoms with E-state index in [1.807, 2.05) is 0 Å². The van der Waals surface area contributed by atoms with Crippen molar-refractivity contribution in [2.75, 3.05) is 19.8 Å². The molecule has 70 heavy (non-hydrogen) atoms. The van der Waals surface area contributed by atoms with Crippen LogP contribution >= 0.6 is 0 Å². The van der Waals surface area contributed by atoms with Crippen LogP contribution in [0.25, 0.3) is 0 Å². The van der Waals surface area contributed by atoms with Crippen molar-refractivity contribution in [3.05, 3.63) is 72.9 Å². The lowest BCUT2D eigenvalue weighted by atomic mass is 10.0. The van der Waals surface area contributed by atoms with Crippen LogP contribution in [0, 0.1) is 0 Å². The number of hydrogen-bond acceptors (Lipinski definition) is 5. The maximum Gasteiger partial charge on any atom is 0.305 e. The first-order valence-corrected chi connectivity index (χ1v) is 30.5. The normalized spacial score (nSPS) is 12.7. The van der Waals surface area contributed by atoms with Gasteiger partial charge in [-0.15, -0.1) is 0 Å². The van der Waals surface area contributed by atoms with Crippen molar-refractivity contribution in [3.63, 3.8) is 0 Å². The van der Waals surface area contributed by atoms with E-state index in [0.29, 0.717) is 19.4 Å². The van der Waals surface area contributed by atoms with Crippen LogP contribution in [-0.2, 0) is 23.8 Å². The second-order valence-corrected chi connectivity index (χ2v) is 20.2. The van der Waals surface area contributed by atoms with E-state index in [0.717, 1.165) is 70.6 Å². The van der Waals surface area contributed by atoms with Crippen LogP contribution in [0.1, 0.15) is 303 Å². The largest absolute Gasteiger partial charge is 0.463 e. The van der Waals surface area contributed by atoms with Crippen molar-refractivity contribution < 1.29 is 23.8 Å². The summed E-state index contributed by atoms with van der Waals surface area (Å²) in [7, 11) is 0. The first-order valence-electron chi connectivity index (χ1n) is 30.5. The molecule has 0 heterocycles. The van der Waals surface area contributed by atoms with Gasteiger partial charge in [0.15, 0.2) is 0 Å². The molecule has 0 amide bonds. The zero-order valence-electron chi connectivity index (χ0n) is 46.8. The molecule has 0 aliphatic carbocycles. The third-order valence-electron chi connectivity index (χ3n) is 13.3. The molecule has 0 fully saturated rings. The summed E-state index contributed by atoms with van der Waals surface area (Å²) in [5.41, 5.74) is 0. The molecule has 0 rings (SSSR count). The second-order valence-electron chi connectivity index (χ2n) is 20.2. The highest BCUT2D eigenvalue weighted by Gasteiger charge is 2.16. The van der Waals surface area contributed by atoms with Crippen LogP contribution in [-0.4, -0.2) is 37.9 Å². The van der Waals surface area contributed by atoms with Crippen molar-refractivity contribution in [2.24, 2.45) is 0 Å². The lowest BCUT2D eigenvalue weighted by molar-refractivity contribution is -0.155. The Morgan fingerprint density at radius 3 is 0.986 bits per heavy atom. The summed E-state index contributed by atoms with van der Waals surface area (Å²) in [6.07, 6.45) is 79.6. The average molecular weight is 978 g/mol. The predicted octanol–water partition coefficient (Wildman–Crippen LogP) is 21.0. The van der Waals surface area contributed by atoms with Crippen LogP contribution in [0.3, 0.4) is 0 Å². The number of hydrogen-bond donors (Lipinski definition) is 0. The van der Waals surface area contributed by atoms with Gasteiger partial charge in [-0.2, -0.15) is 0 Å². The summed E-state index contributed by atoms with van der Waals surface area (Å²) in [6, 6.07) is 0. The lowest BCUT2D eigenvalue weighted by Gasteiger charge is -2.18. The van der Waals surface area contributed by atoms with Gasteiger partial charge in [0.1, 0.15) is 19.3 Å². The van der Waals surface area contributed by atoms with Crippen LogP contribution in [0.5, 0.6) is 0 Å². The topological polar surface area (TPSA) is 61.8 Å². The van der Waals surface area contributed by atoms with E-state index in [9.17, 15) is 9.59 Å². The molecule has 0 N–H and O–H groups in total. The number of carbonyl (C=O) groups is 2. The Kier molecular flexibility index (Phi) is 58.3. The van der Waals surface area contributed by atoms with Gasteiger partial charge >= 0.3 is 11.9 Å². The zero-order chi connectivity index (χ0) is 50.6. The van der Waals surface area contributed by atoms with E-state index in [1.165, 1.54) is 199 Å². The highest BCUT2D eigenvalue weighted by molar-refractivity contribution is 5.69. The van der Waals surface area contributed by atoms with Gasteiger partial charge in [-0.3, -0.25) is 9.59 Å². The molecule has 0 aliphatic rings. The Morgan fingerprint density at radius 2 is 0.600 bits per heavy atom. The molecule has 0 aliphatic heterocycles. The first kappa shape index (κ1) is 67.3. The van der Waals surface area contributed by atoms with Crippen LogP contribution in [0.4, 0.5) is 0 Å². The van der Waals surface area contributed by atoms with E-state index < -0.39 is 6.10 Å². The minimum absolute atomic E-state index is 0.128. The number of allylic oxidation sites excluding steroid dienone is 12. The van der Waals surface area contributed by atoms with Crippen molar-refractivity contribution in [2.45, 2.75) is 309 Å². The Labute approximate surface area is 436 Å². The zero-order valence-corrected chi connectivity index (χ0v) is 46.8. The molecule has 0 aromatic rings. The molecule has 5 heteroatoms. The molecule has 406 valence electrons. The number of unbranched alkanes of at least 4 members (excludes halogenated alkanes) is 33. The SMILES string of the molecule is CC/C=C\C/C=C\C/C=C\C/C=C\C/C=C\CCCC(=O)OC[C@H](COC(=O)CCCCCCCCCCCCC/C=C\CCCCCCCC)OCCCCCCCCCCCCCCCCCC. The maximum absolute atomic E-state index is 12.7. The average Bonchev–Trinajstić information content (AvgIpc) is 3.36. The Balaban J connectivity index is 4.29. The smallest absolute Gasteiger partial charge is 0.305 e. The van der Waals surface area contributed by atoms with Gasteiger partial charge in [-0.25, -0.2) is 0 Å². The Morgan fingerprint density at radius 1 is 0.314 bits per heavy atom. The second kappa shape index (κ2) is 60.6. The van der Waals surface area contributed by atoms with Crippen LogP contribution in [0.2, 0.25) is 0 Å². The van der Waals surface area contributed by atoms with Crippen molar-refractivity contribution in [1.29, 1.82) is 0 Å². The third kappa shape index (κ3) is 57.9. The van der Waals surface area contributed by atoms with E-state index in [4.69, 9.17) is 14.2 Å². The van der Waals surface area contributed by atoms with Gasteiger partial charge < -0.3 is 14.2 Å². The Bertz CT molecular complexity index is 1240. The Hall–Kier alpha value is -2.66. The molecule has 0 aromatic carbocycles. The number of ether oxygens (including phenoxy) is 3. The minimum Gasteiger partial charge on any atom is -0.463 e. The summed E-state index contributed by atoms with van der Waals surface area (Å²) < 4.78 is 17.5. The maximum atomic E-state index is 12.7. The monoisotopic (exact) mass is 977 g/mol. The molecule has 0 radical (unpaired) electrons. The predicted molar refractivity (Wildman–Crippen MR) is 307 cm³/mol. The summed E-state index contributed by atoms with van der Waals surface area (Å²) in [6.45, 7) is 7.59. The fourth-order valence-corrected chi connectivity index (χ4v) is 8.69. The van der Waals surface area contributed by atoms with Crippen molar-refractivity contribution in [3.8, 4) is 0 Å². The molecule has 1 atom stereocenters. The lowest BCUT2D eigenvalue weighted by Crippen LogP contribution is -2.29. The van der Waals surface area contributed by atoms with Gasteiger partial charge in [-0.1, -0.05) is 280 Å². The van der Waals surface area contributed by atoms with Crippen LogP contribution < -0.4 is 0 Å². The van der Waals surface area contributed by atoms with Crippen LogP contribution in [0.15, 0.2) is 72.9 Å². The van der Waals surface area contributed by atoms with E-state index in [1.54, 1.807) is 0 Å². The van der Waals surface area contributed by atoms with Gasteiger partial charge in [0.25, 0.3) is 0 Å². The quantitative estimate of drug-likeness (QED) is 0.0345. The number of rotatable bonds is 56. The van der Waals surface area contributed by atoms with Gasteiger partial charge in [0.2, 0.25) is 0 Å². The van der Waals surface area contributed by atoms with Gasteiger partial charge in [0, 0.05) is 19.4 Å². The van der Waals surface area contributed by atoms with Crippen molar-refractivity contribution in [1.82, 2.24) is 0 Å². The molecule has 5 nitrogen and oxygen atoms in total. The number of carbonyl (C=O) groups excluding carboxylic acids is 2. The summed E-state index contributed by atoms with van der Waals surface area (Å²) >= 11 is 0. The molecule has 0 spiro atoms. The van der Waals surface area contributed by atoms with E-state index >= 15 is 0 Å². The standard InChI is InChI=1S/C65H116O5/c1-4-7-10-13-16-19-22-25-28-31-32-33-34-36-38-41-44-47-50-53-56-59-65(67)70-62-63(68-60-57-54-51-48-45-42-39-30-27-24-21-18-15-12-9-6-3)61-69-64(66)58-55-52-49-46-43-40-37-35-29-26-23-20-17-14-11-8-5-2/h8,11,17,20,25-26,28-29,37,40,46,49,63H,4-7,9-10,12-16,18-19,21-24,27,30-36,38-39,41-45,47-48,50-62H2,1-3H3/b11-8-,20-17-,28-25-,29-26-,40-37-,49-46-/t63-/m1/s1. The third-order valence-corrected chi connectivity index (χ3v) is 13.3. The molecule has 0 unspecified atom stereocenters. The van der Waals surface area contributed by atoms with Crippen molar-refractivity contribution >= 4 is 11.9 Å². The van der Waals surface area contributed by atoms with Gasteiger partial charge in [-0.05, 0) is 83.5 Å². The fraction of sp³-hybridized carbons (Fsp3) is 0.785. The molecular formula is C65H116O5. The summed E-state index contributed by atoms with van der Waals surface area (Å²) in [5.74, 6) is -0.389. The molecule has 0 bridgehead atoms. The highest BCUT2D eigenvalue weighted by atomic mass is 16.6. The minimum atomic E-state index is -0.424. The fourth-order valence-electron chi connectivity index (χ4n) is 8.69. The molecule has 0 aromatic heterocycles. The first-order chi connectivity index (χ1) is 34.6.